The van der Waals surface area contributed by atoms with Crippen LogP contribution in [0, 0.1) is 20.8 Å². The minimum atomic E-state index is -0.112. The first-order chi connectivity index (χ1) is 14.4. The van der Waals surface area contributed by atoms with Gasteiger partial charge in [0.05, 0.1) is 23.1 Å². The number of aryl methyl sites for hydroxylation is 3. The average molecular weight is 459 g/mol. The van der Waals surface area contributed by atoms with E-state index in [0.717, 1.165) is 54.1 Å². The van der Waals surface area contributed by atoms with Gasteiger partial charge in [-0.25, -0.2) is 4.68 Å². The van der Waals surface area contributed by atoms with Gasteiger partial charge in [0, 0.05) is 16.6 Å². The molecule has 1 fully saturated rings. The molecule has 0 unspecified atom stereocenters. The second kappa shape index (κ2) is 9.86. The smallest absolute Gasteiger partial charge is 0.259 e. The number of piperidine rings is 1. The first-order valence-corrected chi connectivity index (χ1v) is 10.8. The molecule has 0 bridgehead atoms. The Bertz CT molecular complexity index is 1050. The number of carbonyl (C=O) groups is 1. The lowest BCUT2D eigenvalue weighted by Crippen LogP contribution is -2.29. The summed E-state index contributed by atoms with van der Waals surface area (Å²) >= 11 is 6.07. The van der Waals surface area contributed by atoms with E-state index in [9.17, 15) is 4.79 Å². The molecule has 0 saturated carbocycles. The molecule has 2 N–H and O–H groups in total. The first kappa shape index (κ1) is 23.3. The van der Waals surface area contributed by atoms with Crippen molar-refractivity contribution in [3.8, 4) is 5.69 Å². The Balaban J connectivity index is 0.00000272. The van der Waals surface area contributed by atoms with Crippen LogP contribution in [0.1, 0.15) is 51.5 Å². The summed E-state index contributed by atoms with van der Waals surface area (Å²) in [6, 6.07) is 11.8. The van der Waals surface area contributed by atoms with E-state index >= 15 is 0 Å². The number of carbonyl (C=O) groups excluding carboxylic acids is 1. The molecule has 164 valence electrons. The number of rotatable bonds is 4. The largest absolute Gasteiger partial charge is 0.321 e. The zero-order valence-corrected chi connectivity index (χ0v) is 19.6. The molecule has 1 saturated heterocycles. The summed E-state index contributed by atoms with van der Waals surface area (Å²) in [5.74, 6) is 0.157. The van der Waals surface area contributed by atoms with E-state index in [4.69, 9.17) is 11.6 Å². The van der Waals surface area contributed by atoms with Gasteiger partial charge in [0.1, 0.15) is 0 Å². The highest BCUT2D eigenvalue weighted by Gasteiger charge is 2.27. The van der Waals surface area contributed by atoms with Gasteiger partial charge in [0.2, 0.25) is 0 Å². The van der Waals surface area contributed by atoms with Crippen molar-refractivity contribution >= 4 is 35.6 Å². The third-order valence-electron chi connectivity index (χ3n) is 5.76. The SMILES string of the molecule is Cc1cc(C)c(NC(=O)c2cnn(-c3ccc(Cl)cc3)c2C2CCNCC2)c(C)c1.Cl. The number of amides is 1. The molecular weight excluding hydrogens is 431 g/mol. The summed E-state index contributed by atoms with van der Waals surface area (Å²) in [4.78, 5) is 13.4. The highest BCUT2D eigenvalue weighted by atomic mass is 35.5. The van der Waals surface area contributed by atoms with Crippen molar-refractivity contribution in [3.05, 3.63) is 75.6 Å². The molecule has 31 heavy (non-hydrogen) atoms. The molecule has 7 heteroatoms. The highest BCUT2D eigenvalue weighted by molar-refractivity contribution is 6.30. The fourth-order valence-corrected chi connectivity index (χ4v) is 4.49. The Labute approximate surface area is 194 Å². The predicted octanol–water partition coefficient (Wildman–Crippen LogP) is 5.59. The van der Waals surface area contributed by atoms with Crippen LogP contribution in [-0.2, 0) is 0 Å². The van der Waals surface area contributed by atoms with Gasteiger partial charge >= 0.3 is 0 Å². The van der Waals surface area contributed by atoms with Crippen LogP contribution in [0.15, 0.2) is 42.6 Å². The molecule has 5 nitrogen and oxygen atoms in total. The van der Waals surface area contributed by atoms with Gasteiger partial charge in [-0.2, -0.15) is 5.10 Å². The molecule has 1 aliphatic heterocycles. The van der Waals surface area contributed by atoms with Crippen LogP contribution in [0.3, 0.4) is 0 Å². The lowest BCUT2D eigenvalue weighted by atomic mass is 9.91. The molecule has 1 aromatic heterocycles. The molecule has 0 atom stereocenters. The Hall–Kier alpha value is -2.34. The second-order valence-electron chi connectivity index (χ2n) is 8.08. The number of aromatic nitrogens is 2. The normalized spacial score (nSPS) is 14.2. The number of halogens is 2. The van der Waals surface area contributed by atoms with Gasteiger partial charge < -0.3 is 10.6 Å². The summed E-state index contributed by atoms with van der Waals surface area (Å²) in [7, 11) is 0. The molecule has 4 rings (SSSR count). The molecule has 1 aliphatic rings. The molecule has 3 aromatic rings. The first-order valence-electron chi connectivity index (χ1n) is 10.4. The minimum Gasteiger partial charge on any atom is -0.321 e. The molecule has 1 amide bonds. The van der Waals surface area contributed by atoms with Crippen molar-refractivity contribution in [2.24, 2.45) is 0 Å². The maximum Gasteiger partial charge on any atom is 0.259 e. The molecule has 2 aromatic carbocycles. The summed E-state index contributed by atoms with van der Waals surface area (Å²) in [5.41, 5.74) is 6.71. The van der Waals surface area contributed by atoms with Gasteiger partial charge in [-0.3, -0.25) is 4.79 Å². The number of nitrogens with zero attached hydrogens (tertiary/aromatic N) is 2. The van der Waals surface area contributed by atoms with Crippen molar-refractivity contribution in [1.29, 1.82) is 0 Å². The third kappa shape index (κ3) is 4.95. The predicted molar refractivity (Wildman–Crippen MR) is 129 cm³/mol. The van der Waals surface area contributed by atoms with Crippen molar-refractivity contribution in [2.45, 2.75) is 39.5 Å². The van der Waals surface area contributed by atoms with Crippen LogP contribution >= 0.6 is 24.0 Å². The van der Waals surface area contributed by atoms with Crippen molar-refractivity contribution < 1.29 is 4.79 Å². The van der Waals surface area contributed by atoms with Crippen LogP contribution in [-0.4, -0.2) is 28.8 Å². The number of hydrogen-bond donors (Lipinski definition) is 2. The standard InChI is InChI=1S/C24H27ClN4O.ClH/c1-15-12-16(2)22(17(3)13-15)28-24(30)21-14-27-29(20-6-4-19(25)5-7-20)23(21)18-8-10-26-11-9-18;/h4-7,12-14,18,26H,8-11H2,1-3H3,(H,28,30);1H. The Morgan fingerprint density at radius 3 is 2.32 bits per heavy atom. The monoisotopic (exact) mass is 458 g/mol. The third-order valence-corrected chi connectivity index (χ3v) is 6.02. The lowest BCUT2D eigenvalue weighted by molar-refractivity contribution is 0.102. The fourth-order valence-electron chi connectivity index (χ4n) is 4.37. The summed E-state index contributed by atoms with van der Waals surface area (Å²) in [6.07, 6.45) is 3.64. The van der Waals surface area contributed by atoms with Crippen LogP contribution in [0.2, 0.25) is 5.02 Å². The summed E-state index contributed by atoms with van der Waals surface area (Å²) in [5, 5.41) is 11.8. The van der Waals surface area contributed by atoms with Gasteiger partial charge in [-0.1, -0.05) is 29.3 Å². The maximum atomic E-state index is 13.4. The quantitative estimate of drug-likeness (QED) is 0.535. The Morgan fingerprint density at radius 2 is 1.71 bits per heavy atom. The van der Waals surface area contributed by atoms with Crippen molar-refractivity contribution in [1.82, 2.24) is 15.1 Å². The van der Waals surface area contributed by atoms with Crippen LogP contribution < -0.4 is 10.6 Å². The van der Waals surface area contributed by atoms with Crippen LogP contribution in [0.4, 0.5) is 5.69 Å². The molecule has 0 spiro atoms. The van der Waals surface area contributed by atoms with Crippen molar-refractivity contribution in [3.63, 3.8) is 0 Å². The second-order valence-corrected chi connectivity index (χ2v) is 8.52. The molecule has 0 aliphatic carbocycles. The summed E-state index contributed by atoms with van der Waals surface area (Å²) in [6.45, 7) is 8.00. The lowest BCUT2D eigenvalue weighted by Gasteiger charge is -2.25. The molecule has 0 radical (unpaired) electrons. The van der Waals surface area contributed by atoms with E-state index in [1.165, 1.54) is 5.56 Å². The summed E-state index contributed by atoms with van der Waals surface area (Å²) < 4.78 is 1.90. The maximum absolute atomic E-state index is 13.4. The highest BCUT2D eigenvalue weighted by Crippen LogP contribution is 2.31. The van der Waals surface area contributed by atoms with Gasteiger partial charge in [-0.05, 0) is 82.1 Å². The topological polar surface area (TPSA) is 59.0 Å². The van der Waals surface area contributed by atoms with E-state index in [-0.39, 0.29) is 24.2 Å². The van der Waals surface area contributed by atoms with Crippen molar-refractivity contribution in [2.75, 3.05) is 18.4 Å². The Kier molecular flexibility index (Phi) is 7.42. The van der Waals surface area contributed by atoms with E-state index in [2.05, 4.69) is 34.8 Å². The number of anilines is 1. The number of nitrogens with one attached hydrogen (secondary N) is 2. The molecule has 2 heterocycles. The fraction of sp³-hybridized carbons (Fsp3) is 0.333. The van der Waals surface area contributed by atoms with E-state index < -0.39 is 0 Å². The zero-order chi connectivity index (χ0) is 21.3. The number of benzene rings is 2. The van der Waals surface area contributed by atoms with Gasteiger partial charge in [-0.15, -0.1) is 12.4 Å². The van der Waals surface area contributed by atoms with E-state index in [1.807, 2.05) is 42.8 Å². The average Bonchev–Trinajstić information content (AvgIpc) is 3.17. The van der Waals surface area contributed by atoms with Crippen LogP contribution in [0.5, 0.6) is 0 Å². The number of hydrogen-bond acceptors (Lipinski definition) is 3. The zero-order valence-electron chi connectivity index (χ0n) is 18.0. The van der Waals surface area contributed by atoms with Gasteiger partial charge in [0.15, 0.2) is 0 Å². The van der Waals surface area contributed by atoms with Gasteiger partial charge in [0.25, 0.3) is 5.91 Å². The van der Waals surface area contributed by atoms with Crippen LogP contribution in [0.25, 0.3) is 5.69 Å². The van der Waals surface area contributed by atoms with E-state index in [1.54, 1.807) is 6.20 Å². The Morgan fingerprint density at radius 1 is 1.10 bits per heavy atom. The minimum absolute atomic E-state index is 0. The molecular formula is C24H28Cl2N4O. The van der Waals surface area contributed by atoms with E-state index in [0.29, 0.717) is 10.6 Å².